The predicted octanol–water partition coefficient (Wildman–Crippen LogP) is 3.30. The van der Waals surface area contributed by atoms with Crippen LogP contribution in [0.1, 0.15) is 16.4 Å². The quantitative estimate of drug-likeness (QED) is 0.933. The Kier molecular flexibility index (Phi) is 3.57. The maximum atomic E-state index is 12.2. The summed E-state index contributed by atoms with van der Waals surface area (Å²) in [6.07, 6.45) is 0. The topological polar surface area (TPSA) is 38.3 Å². The number of halogens is 1. The number of carbonyl (C=O) groups excluding carboxylic acids is 1. The van der Waals surface area contributed by atoms with Gasteiger partial charge in [-0.05, 0) is 33.4 Å². The molecule has 0 aliphatic carbocycles. The third-order valence-corrected chi connectivity index (χ3v) is 5.06. The van der Waals surface area contributed by atoms with Crippen molar-refractivity contribution in [3.8, 4) is 5.75 Å². The highest BCUT2D eigenvalue weighted by Crippen LogP contribution is 2.33. The van der Waals surface area contributed by atoms with Crippen LogP contribution in [0.3, 0.4) is 0 Å². The van der Waals surface area contributed by atoms with Crippen LogP contribution < -0.4 is 10.1 Å². The fourth-order valence-corrected chi connectivity index (χ4v) is 3.55. The monoisotopic (exact) mass is 337 g/mol. The lowest BCUT2D eigenvalue weighted by atomic mass is 10.0. The molecular weight excluding hydrogens is 326 g/mol. The molecule has 0 saturated carbocycles. The van der Waals surface area contributed by atoms with Crippen molar-refractivity contribution < 1.29 is 9.53 Å². The number of nitrogens with one attached hydrogen (secondary N) is 1. The summed E-state index contributed by atoms with van der Waals surface area (Å²) in [6, 6.07) is 9.69. The van der Waals surface area contributed by atoms with Crippen LogP contribution in [-0.2, 0) is 11.3 Å². The molecule has 0 saturated heterocycles. The summed E-state index contributed by atoms with van der Waals surface area (Å²) >= 11 is 5.09. The lowest BCUT2D eigenvalue weighted by molar-refractivity contribution is -0.122. The molecular formula is C14H12BrNO2S. The first-order chi connectivity index (χ1) is 9.25. The Morgan fingerprint density at radius 2 is 2.26 bits per heavy atom. The first kappa shape index (κ1) is 12.7. The van der Waals surface area contributed by atoms with Crippen molar-refractivity contribution in [2.45, 2.75) is 12.5 Å². The van der Waals surface area contributed by atoms with E-state index in [-0.39, 0.29) is 11.8 Å². The molecule has 0 fully saturated rings. The number of para-hydroxylation sites is 1. The molecule has 0 bridgehead atoms. The highest BCUT2D eigenvalue weighted by atomic mass is 79.9. The largest absolute Gasteiger partial charge is 0.492 e. The number of benzene rings is 1. The minimum atomic E-state index is -0.199. The van der Waals surface area contributed by atoms with E-state index in [1.165, 1.54) is 0 Å². The summed E-state index contributed by atoms with van der Waals surface area (Å²) in [5, 5.41) is 4.97. The minimum absolute atomic E-state index is 0.0188. The summed E-state index contributed by atoms with van der Waals surface area (Å²) in [5.74, 6) is 0.639. The molecule has 1 N–H and O–H groups in total. The number of thiophene rings is 1. The van der Waals surface area contributed by atoms with Crippen LogP contribution in [0.5, 0.6) is 5.75 Å². The smallest absolute Gasteiger partial charge is 0.231 e. The third kappa shape index (κ3) is 2.53. The first-order valence-electron chi connectivity index (χ1n) is 5.97. The minimum Gasteiger partial charge on any atom is -0.492 e. The second-order valence-electron chi connectivity index (χ2n) is 4.31. The van der Waals surface area contributed by atoms with E-state index in [4.69, 9.17) is 4.74 Å². The van der Waals surface area contributed by atoms with Crippen LogP contribution in [0.15, 0.2) is 40.2 Å². The van der Waals surface area contributed by atoms with Crippen LogP contribution in [0.4, 0.5) is 0 Å². The maximum absolute atomic E-state index is 12.2. The van der Waals surface area contributed by atoms with E-state index in [0.717, 1.165) is 20.7 Å². The van der Waals surface area contributed by atoms with Crippen molar-refractivity contribution in [1.29, 1.82) is 0 Å². The molecule has 1 amide bonds. The molecule has 1 aromatic carbocycles. The number of rotatable bonds is 3. The number of hydrogen-bond acceptors (Lipinski definition) is 3. The highest BCUT2D eigenvalue weighted by molar-refractivity contribution is 9.10. The van der Waals surface area contributed by atoms with Crippen molar-refractivity contribution >= 4 is 33.2 Å². The Labute approximate surface area is 123 Å². The van der Waals surface area contributed by atoms with Gasteiger partial charge in [-0.1, -0.05) is 18.2 Å². The summed E-state index contributed by atoms with van der Waals surface area (Å²) in [4.78, 5) is 13.3. The van der Waals surface area contributed by atoms with Gasteiger partial charge in [0, 0.05) is 14.9 Å². The molecule has 3 rings (SSSR count). The van der Waals surface area contributed by atoms with Crippen LogP contribution in [0.25, 0.3) is 0 Å². The van der Waals surface area contributed by atoms with Gasteiger partial charge in [-0.3, -0.25) is 4.79 Å². The molecule has 3 nitrogen and oxygen atoms in total. The van der Waals surface area contributed by atoms with Crippen molar-refractivity contribution in [3.63, 3.8) is 0 Å². The standard InChI is InChI=1S/C14H12BrNO2S/c15-11-5-6-19-13(11)7-16-14(17)10-8-18-12-4-2-1-3-9(10)12/h1-6,10H,7-8H2,(H,16,17). The Hall–Kier alpha value is -1.33. The Morgan fingerprint density at radius 3 is 3.05 bits per heavy atom. The molecule has 5 heteroatoms. The Bertz CT molecular complexity index is 611. The lowest BCUT2D eigenvalue weighted by Crippen LogP contribution is -2.29. The molecule has 1 aromatic heterocycles. The van der Waals surface area contributed by atoms with Crippen LogP contribution in [0.2, 0.25) is 0 Å². The molecule has 0 radical (unpaired) electrons. The predicted molar refractivity (Wildman–Crippen MR) is 78.5 cm³/mol. The van der Waals surface area contributed by atoms with E-state index >= 15 is 0 Å². The van der Waals surface area contributed by atoms with Crippen LogP contribution in [-0.4, -0.2) is 12.5 Å². The second-order valence-corrected chi connectivity index (χ2v) is 6.17. The maximum Gasteiger partial charge on any atom is 0.231 e. The molecule has 98 valence electrons. The van der Waals surface area contributed by atoms with Crippen molar-refractivity contribution in [1.82, 2.24) is 5.32 Å². The highest BCUT2D eigenvalue weighted by Gasteiger charge is 2.29. The Balaban J connectivity index is 1.68. The average Bonchev–Trinajstić information content (AvgIpc) is 3.02. The zero-order valence-corrected chi connectivity index (χ0v) is 12.5. The normalized spacial score (nSPS) is 16.8. The number of hydrogen-bond donors (Lipinski definition) is 1. The van der Waals surface area contributed by atoms with Crippen LogP contribution in [0, 0.1) is 0 Å². The van der Waals surface area contributed by atoms with E-state index in [1.807, 2.05) is 35.7 Å². The summed E-state index contributed by atoms with van der Waals surface area (Å²) < 4.78 is 6.57. The van der Waals surface area contributed by atoms with E-state index in [0.29, 0.717) is 13.2 Å². The van der Waals surface area contributed by atoms with E-state index in [2.05, 4.69) is 21.2 Å². The van der Waals surface area contributed by atoms with Crippen molar-refractivity contribution in [2.75, 3.05) is 6.61 Å². The molecule has 1 unspecified atom stereocenters. The van der Waals surface area contributed by atoms with E-state index in [1.54, 1.807) is 11.3 Å². The molecule has 2 heterocycles. The van der Waals surface area contributed by atoms with Gasteiger partial charge in [0.05, 0.1) is 6.54 Å². The van der Waals surface area contributed by atoms with Gasteiger partial charge in [0.1, 0.15) is 18.3 Å². The molecule has 1 aliphatic heterocycles. The summed E-state index contributed by atoms with van der Waals surface area (Å²) in [5.41, 5.74) is 0.977. The number of fused-ring (bicyclic) bond motifs is 1. The molecule has 1 atom stereocenters. The number of carbonyl (C=O) groups is 1. The van der Waals surface area contributed by atoms with Gasteiger partial charge in [-0.2, -0.15) is 0 Å². The summed E-state index contributed by atoms with van der Waals surface area (Å²) in [7, 11) is 0. The molecule has 19 heavy (non-hydrogen) atoms. The van der Waals surface area contributed by atoms with Gasteiger partial charge in [0.2, 0.25) is 5.91 Å². The average molecular weight is 338 g/mol. The first-order valence-corrected chi connectivity index (χ1v) is 7.64. The van der Waals surface area contributed by atoms with Gasteiger partial charge in [0.15, 0.2) is 0 Å². The van der Waals surface area contributed by atoms with E-state index in [9.17, 15) is 4.79 Å². The van der Waals surface area contributed by atoms with Gasteiger partial charge >= 0.3 is 0 Å². The van der Waals surface area contributed by atoms with Gasteiger partial charge < -0.3 is 10.1 Å². The van der Waals surface area contributed by atoms with Gasteiger partial charge in [0.25, 0.3) is 0 Å². The van der Waals surface area contributed by atoms with E-state index < -0.39 is 0 Å². The molecule has 1 aliphatic rings. The van der Waals surface area contributed by atoms with Crippen LogP contribution >= 0.6 is 27.3 Å². The SMILES string of the molecule is O=C(NCc1sccc1Br)C1COc2ccccc21. The third-order valence-electron chi connectivity index (χ3n) is 3.13. The van der Waals surface area contributed by atoms with Crippen molar-refractivity contribution in [2.24, 2.45) is 0 Å². The fourth-order valence-electron chi connectivity index (χ4n) is 2.12. The number of ether oxygens (including phenoxy) is 1. The molecule has 0 spiro atoms. The summed E-state index contributed by atoms with van der Waals surface area (Å²) in [6.45, 7) is 0.979. The zero-order valence-electron chi connectivity index (χ0n) is 10.1. The number of amides is 1. The molecule has 2 aromatic rings. The second kappa shape index (κ2) is 5.35. The van der Waals surface area contributed by atoms with Crippen molar-refractivity contribution in [3.05, 3.63) is 50.6 Å². The lowest BCUT2D eigenvalue weighted by Gasteiger charge is -2.09. The van der Waals surface area contributed by atoms with Gasteiger partial charge in [-0.25, -0.2) is 0 Å². The fraction of sp³-hybridized carbons (Fsp3) is 0.214. The van der Waals surface area contributed by atoms with Gasteiger partial charge in [-0.15, -0.1) is 11.3 Å². The zero-order chi connectivity index (χ0) is 13.2. The Morgan fingerprint density at radius 1 is 1.42 bits per heavy atom.